The predicted octanol–water partition coefficient (Wildman–Crippen LogP) is 2.88. The van der Waals surface area contributed by atoms with Gasteiger partial charge in [-0.2, -0.15) is 0 Å². The van der Waals surface area contributed by atoms with Gasteiger partial charge in [0.15, 0.2) is 0 Å². The van der Waals surface area contributed by atoms with Crippen LogP contribution in [-0.4, -0.2) is 48.2 Å². The molecule has 148 valence electrons. The third-order valence-corrected chi connectivity index (χ3v) is 4.28. The van der Waals surface area contributed by atoms with E-state index in [0.29, 0.717) is 25.1 Å². The minimum absolute atomic E-state index is 0.197. The number of nitrogens with one attached hydrogen (secondary N) is 1. The van der Waals surface area contributed by atoms with E-state index in [1.54, 1.807) is 24.3 Å². The zero-order chi connectivity index (χ0) is 20.0. The fraction of sp³-hybridized carbons (Fsp3) is 0.550. The van der Waals surface area contributed by atoms with Crippen molar-refractivity contribution in [2.45, 2.75) is 58.2 Å². The van der Waals surface area contributed by atoms with Crippen LogP contribution in [0.2, 0.25) is 0 Å². The highest BCUT2D eigenvalue weighted by Gasteiger charge is 2.34. The predicted molar refractivity (Wildman–Crippen MR) is 100 cm³/mol. The van der Waals surface area contributed by atoms with Crippen LogP contribution in [-0.2, 0) is 20.8 Å². The molecular formula is C20H28N2O5. The number of ether oxygens (including phenoxy) is 2. The molecule has 1 unspecified atom stereocenters. The average Bonchev–Trinajstić information content (AvgIpc) is 2.64. The molecule has 0 bridgehead atoms. The molecule has 1 aliphatic heterocycles. The Kier molecular flexibility index (Phi) is 6.82. The number of likely N-dealkylation sites (tertiary alicyclic amines) is 1. The Bertz CT molecular complexity index is 679. The molecule has 0 aliphatic carbocycles. The van der Waals surface area contributed by atoms with Gasteiger partial charge < -0.3 is 14.8 Å². The van der Waals surface area contributed by atoms with E-state index in [1.807, 2.05) is 20.8 Å². The largest absolute Gasteiger partial charge is 0.465 e. The Morgan fingerprint density at radius 3 is 2.41 bits per heavy atom. The van der Waals surface area contributed by atoms with Crippen LogP contribution in [0.25, 0.3) is 0 Å². The first-order valence-electron chi connectivity index (χ1n) is 9.16. The second-order valence-corrected chi connectivity index (χ2v) is 7.59. The van der Waals surface area contributed by atoms with Crippen molar-refractivity contribution in [1.82, 2.24) is 10.2 Å². The van der Waals surface area contributed by atoms with Gasteiger partial charge in [-0.1, -0.05) is 12.1 Å². The molecule has 0 spiro atoms. The van der Waals surface area contributed by atoms with Gasteiger partial charge in [-0.25, -0.2) is 9.59 Å². The topological polar surface area (TPSA) is 84.9 Å². The molecule has 1 saturated heterocycles. The fourth-order valence-electron chi connectivity index (χ4n) is 2.93. The molecular weight excluding hydrogens is 348 g/mol. The number of piperidine rings is 1. The van der Waals surface area contributed by atoms with E-state index >= 15 is 0 Å². The summed E-state index contributed by atoms with van der Waals surface area (Å²) in [5, 5.41) is 2.87. The van der Waals surface area contributed by atoms with E-state index in [9.17, 15) is 14.4 Å². The fourth-order valence-corrected chi connectivity index (χ4v) is 2.93. The second-order valence-electron chi connectivity index (χ2n) is 7.59. The monoisotopic (exact) mass is 376 g/mol. The number of esters is 1. The van der Waals surface area contributed by atoms with E-state index < -0.39 is 23.7 Å². The standard InChI is InChI=1S/C20H28N2O5/c1-20(2,3)27-19(25)22-12-6-5-7-16(22)17(23)21-13-14-8-10-15(11-9-14)18(24)26-4/h8-11,16H,5-7,12-13H2,1-4H3,(H,21,23). The van der Waals surface area contributed by atoms with Crippen molar-refractivity contribution in [3.05, 3.63) is 35.4 Å². The molecule has 27 heavy (non-hydrogen) atoms. The Balaban J connectivity index is 1.96. The first-order chi connectivity index (χ1) is 12.7. The zero-order valence-corrected chi connectivity index (χ0v) is 16.4. The summed E-state index contributed by atoms with van der Waals surface area (Å²) in [7, 11) is 1.33. The summed E-state index contributed by atoms with van der Waals surface area (Å²) in [5.41, 5.74) is 0.711. The molecule has 2 amide bonds. The van der Waals surface area contributed by atoms with Crippen molar-refractivity contribution in [2.75, 3.05) is 13.7 Å². The summed E-state index contributed by atoms with van der Waals surface area (Å²) in [6, 6.07) is 6.31. The van der Waals surface area contributed by atoms with Gasteiger partial charge in [0.25, 0.3) is 0 Å². The Hall–Kier alpha value is -2.57. The Labute approximate surface area is 160 Å². The normalized spacial score (nSPS) is 17.2. The van der Waals surface area contributed by atoms with Crippen LogP contribution in [0.4, 0.5) is 4.79 Å². The van der Waals surface area contributed by atoms with Gasteiger partial charge >= 0.3 is 12.1 Å². The summed E-state index contributed by atoms with van der Waals surface area (Å²) in [6.45, 7) is 6.26. The first-order valence-corrected chi connectivity index (χ1v) is 9.16. The summed E-state index contributed by atoms with van der Waals surface area (Å²) in [4.78, 5) is 38.0. The highest BCUT2D eigenvalue weighted by Crippen LogP contribution is 2.20. The number of hydrogen-bond donors (Lipinski definition) is 1. The minimum atomic E-state index is -0.600. The minimum Gasteiger partial charge on any atom is -0.465 e. The number of carbonyl (C=O) groups excluding carboxylic acids is 3. The van der Waals surface area contributed by atoms with E-state index in [4.69, 9.17) is 4.74 Å². The quantitative estimate of drug-likeness (QED) is 0.817. The van der Waals surface area contributed by atoms with Crippen LogP contribution < -0.4 is 5.32 Å². The van der Waals surface area contributed by atoms with Crippen LogP contribution in [0.3, 0.4) is 0 Å². The number of amides is 2. The summed E-state index contributed by atoms with van der Waals surface area (Å²) in [6.07, 6.45) is 1.92. The van der Waals surface area contributed by atoms with E-state index in [2.05, 4.69) is 10.1 Å². The third kappa shape index (κ3) is 5.98. The lowest BCUT2D eigenvalue weighted by molar-refractivity contribution is -0.127. The number of rotatable bonds is 4. The molecule has 1 aromatic carbocycles. The molecule has 1 N–H and O–H groups in total. The molecule has 0 saturated carbocycles. The number of methoxy groups -OCH3 is 1. The number of benzene rings is 1. The summed E-state index contributed by atoms with van der Waals surface area (Å²) < 4.78 is 10.1. The summed E-state index contributed by atoms with van der Waals surface area (Å²) in [5.74, 6) is -0.599. The van der Waals surface area contributed by atoms with E-state index in [0.717, 1.165) is 18.4 Å². The maximum atomic E-state index is 12.6. The third-order valence-electron chi connectivity index (χ3n) is 4.28. The Morgan fingerprint density at radius 2 is 1.81 bits per heavy atom. The van der Waals surface area contributed by atoms with Gasteiger partial charge in [-0.3, -0.25) is 9.69 Å². The van der Waals surface area contributed by atoms with Crippen LogP contribution in [0.5, 0.6) is 0 Å². The molecule has 1 atom stereocenters. The van der Waals surface area contributed by atoms with Gasteiger partial charge in [-0.05, 0) is 57.7 Å². The highest BCUT2D eigenvalue weighted by molar-refractivity contribution is 5.89. The van der Waals surface area contributed by atoms with Crippen LogP contribution >= 0.6 is 0 Å². The number of hydrogen-bond acceptors (Lipinski definition) is 5. The number of nitrogens with zero attached hydrogens (tertiary/aromatic N) is 1. The van der Waals surface area contributed by atoms with Crippen LogP contribution in [0.15, 0.2) is 24.3 Å². The van der Waals surface area contributed by atoms with Crippen molar-refractivity contribution >= 4 is 18.0 Å². The lowest BCUT2D eigenvalue weighted by Crippen LogP contribution is -2.52. The van der Waals surface area contributed by atoms with Crippen molar-refractivity contribution in [1.29, 1.82) is 0 Å². The molecule has 7 nitrogen and oxygen atoms in total. The van der Waals surface area contributed by atoms with Crippen molar-refractivity contribution in [3.63, 3.8) is 0 Å². The molecule has 1 aliphatic rings. The van der Waals surface area contributed by atoms with Gasteiger partial charge in [0.1, 0.15) is 11.6 Å². The summed E-state index contributed by atoms with van der Waals surface area (Å²) >= 11 is 0. The highest BCUT2D eigenvalue weighted by atomic mass is 16.6. The maximum Gasteiger partial charge on any atom is 0.410 e. The molecule has 1 fully saturated rings. The Morgan fingerprint density at radius 1 is 1.15 bits per heavy atom. The lowest BCUT2D eigenvalue weighted by Gasteiger charge is -2.35. The van der Waals surface area contributed by atoms with Gasteiger partial charge in [0.05, 0.1) is 12.7 Å². The van der Waals surface area contributed by atoms with Crippen molar-refractivity contribution in [3.8, 4) is 0 Å². The van der Waals surface area contributed by atoms with Crippen molar-refractivity contribution in [2.24, 2.45) is 0 Å². The molecule has 1 aromatic rings. The van der Waals surface area contributed by atoms with Gasteiger partial charge in [-0.15, -0.1) is 0 Å². The average molecular weight is 376 g/mol. The molecule has 7 heteroatoms. The lowest BCUT2D eigenvalue weighted by atomic mass is 10.0. The molecule has 2 rings (SSSR count). The van der Waals surface area contributed by atoms with Crippen molar-refractivity contribution < 1.29 is 23.9 Å². The molecule has 0 aromatic heterocycles. The first kappa shape index (κ1) is 20.7. The van der Waals surface area contributed by atoms with E-state index in [1.165, 1.54) is 12.0 Å². The van der Waals surface area contributed by atoms with Gasteiger partial charge in [0.2, 0.25) is 5.91 Å². The van der Waals surface area contributed by atoms with Crippen LogP contribution in [0, 0.1) is 0 Å². The molecule has 0 radical (unpaired) electrons. The number of carbonyl (C=O) groups is 3. The zero-order valence-electron chi connectivity index (χ0n) is 16.4. The SMILES string of the molecule is COC(=O)c1ccc(CNC(=O)C2CCCCN2C(=O)OC(C)(C)C)cc1. The van der Waals surface area contributed by atoms with E-state index in [-0.39, 0.29) is 5.91 Å². The van der Waals surface area contributed by atoms with Gasteiger partial charge in [0, 0.05) is 13.1 Å². The smallest absolute Gasteiger partial charge is 0.410 e. The second kappa shape index (κ2) is 8.88. The van der Waals surface area contributed by atoms with Crippen LogP contribution in [0.1, 0.15) is 56.0 Å². The maximum absolute atomic E-state index is 12.6. The molecule has 1 heterocycles.